The number of rotatable bonds is 3. The van der Waals surface area contributed by atoms with E-state index in [9.17, 15) is 4.79 Å². The van der Waals surface area contributed by atoms with Crippen LogP contribution in [0.1, 0.15) is 58.7 Å². The Kier molecular flexibility index (Phi) is 6.25. The van der Waals surface area contributed by atoms with E-state index in [1.54, 1.807) is 4.90 Å². The molecule has 7 nitrogen and oxygen atoms in total. The maximum Gasteiger partial charge on any atom is 0.410 e. The van der Waals surface area contributed by atoms with Crippen LogP contribution in [0.2, 0.25) is 0 Å². The van der Waals surface area contributed by atoms with Gasteiger partial charge in [-0.2, -0.15) is 5.10 Å². The van der Waals surface area contributed by atoms with Crippen molar-refractivity contribution in [3.05, 3.63) is 10.6 Å². The maximum atomic E-state index is 12.3. The average Bonchev–Trinajstić information content (AvgIpc) is 2.77. The lowest BCUT2D eigenvalue weighted by atomic mass is 10.0. The minimum absolute atomic E-state index is 0.225. The van der Waals surface area contributed by atoms with Crippen LogP contribution in [0.15, 0.2) is 0 Å². The predicted octanol–water partition coefficient (Wildman–Crippen LogP) is 3.43. The van der Waals surface area contributed by atoms with Crippen LogP contribution in [0.5, 0.6) is 0 Å². The molecule has 3 heterocycles. The van der Waals surface area contributed by atoms with Gasteiger partial charge in [0.15, 0.2) is 4.77 Å². The molecule has 2 aliphatic heterocycles. The Hall–Kier alpha value is -1.41. The molecule has 152 valence electrons. The summed E-state index contributed by atoms with van der Waals surface area (Å²) in [5.74, 6) is 1.14. The van der Waals surface area contributed by atoms with Gasteiger partial charge in [-0.1, -0.05) is 6.42 Å². The quantitative estimate of drug-likeness (QED) is 0.734. The second kappa shape index (κ2) is 8.31. The molecule has 1 aromatic rings. The number of amides is 1. The number of nitrogens with zero attached hydrogens (tertiary/aromatic N) is 5. The molecule has 1 fully saturated rings. The number of carbonyl (C=O) groups is 1. The number of likely N-dealkylation sites (tertiary alicyclic amines) is 1. The molecule has 0 bridgehead atoms. The van der Waals surface area contributed by atoms with Crippen molar-refractivity contribution in [1.82, 2.24) is 24.1 Å². The summed E-state index contributed by atoms with van der Waals surface area (Å²) < 4.78 is 10.5. The third-order valence-corrected chi connectivity index (χ3v) is 5.83. The van der Waals surface area contributed by atoms with E-state index >= 15 is 0 Å². The first-order valence-electron chi connectivity index (χ1n) is 10.1. The molecular weight excluding hydrogens is 362 g/mol. The second-order valence-corrected chi connectivity index (χ2v) is 9.11. The van der Waals surface area contributed by atoms with Crippen LogP contribution in [-0.4, -0.2) is 62.0 Å². The number of aryl methyl sites for hydroxylation is 1. The van der Waals surface area contributed by atoms with Gasteiger partial charge in [0.05, 0.1) is 6.67 Å². The van der Waals surface area contributed by atoms with Crippen molar-refractivity contribution in [3.63, 3.8) is 0 Å². The number of fused-ring (bicyclic) bond motifs is 1. The highest BCUT2D eigenvalue weighted by Gasteiger charge is 2.29. The summed E-state index contributed by atoms with van der Waals surface area (Å²) >= 11 is 5.66. The number of ether oxygens (including phenoxy) is 1. The number of aromatic nitrogens is 3. The monoisotopic (exact) mass is 395 g/mol. The van der Waals surface area contributed by atoms with Gasteiger partial charge in [0, 0.05) is 39.1 Å². The fraction of sp³-hybridized carbons (Fsp3) is 0.842. The molecule has 0 saturated carbocycles. The normalized spacial score (nSPS) is 19.4. The summed E-state index contributed by atoms with van der Waals surface area (Å²) in [6.07, 6.45) is 6.33. The van der Waals surface area contributed by atoms with Gasteiger partial charge in [0.2, 0.25) is 0 Å². The van der Waals surface area contributed by atoms with Crippen LogP contribution in [0.4, 0.5) is 4.79 Å². The molecule has 8 heteroatoms. The highest BCUT2D eigenvalue weighted by molar-refractivity contribution is 7.71. The molecule has 0 unspecified atom stereocenters. The van der Waals surface area contributed by atoms with Crippen LogP contribution in [0.25, 0.3) is 0 Å². The maximum absolute atomic E-state index is 12.3. The number of hydrogen-bond acceptors (Lipinski definition) is 5. The zero-order valence-corrected chi connectivity index (χ0v) is 17.9. The molecule has 1 amide bonds. The smallest absolute Gasteiger partial charge is 0.410 e. The van der Waals surface area contributed by atoms with Gasteiger partial charge in [-0.05, 0) is 58.7 Å². The van der Waals surface area contributed by atoms with E-state index in [1.807, 2.05) is 32.5 Å². The summed E-state index contributed by atoms with van der Waals surface area (Å²) in [6, 6.07) is 0.225. The van der Waals surface area contributed by atoms with E-state index in [4.69, 9.17) is 22.1 Å². The summed E-state index contributed by atoms with van der Waals surface area (Å²) in [5, 5.41) is 4.78. The minimum atomic E-state index is -0.457. The highest BCUT2D eigenvalue weighted by Crippen LogP contribution is 2.20. The third-order valence-electron chi connectivity index (χ3n) is 5.40. The first-order chi connectivity index (χ1) is 12.7. The van der Waals surface area contributed by atoms with Crippen molar-refractivity contribution in [2.24, 2.45) is 0 Å². The van der Waals surface area contributed by atoms with E-state index in [2.05, 4.69) is 9.47 Å². The van der Waals surface area contributed by atoms with Gasteiger partial charge in [-0.25, -0.2) is 9.48 Å². The molecule has 0 N–H and O–H groups in total. The van der Waals surface area contributed by atoms with Crippen LogP contribution in [-0.2, 0) is 24.4 Å². The van der Waals surface area contributed by atoms with Crippen molar-refractivity contribution in [2.75, 3.05) is 20.1 Å². The molecule has 0 spiro atoms. The fourth-order valence-electron chi connectivity index (χ4n) is 3.84. The van der Waals surface area contributed by atoms with Crippen molar-refractivity contribution >= 4 is 18.3 Å². The van der Waals surface area contributed by atoms with Gasteiger partial charge >= 0.3 is 6.09 Å². The SMILES string of the molecule is CN(C(=O)OC(C)(C)C)C1CCN(Cn2nc3n(c2=S)CCCCC3)CC1. The third kappa shape index (κ3) is 5.10. The number of carbonyl (C=O) groups excluding carboxylic acids is 1. The van der Waals surface area contributed by atoms with Crippen LogP contribution in [0.3, 0.4) is 0 Å². The average molecular weight is 396 g/mol. The molecule has 1 saturated heterocycles. The Balaban J connectivity index is 1.54. The Bertz CT molecular complexity index is 713. The zero-order chi connectivity index (χ0) is 19.6. The molecule has 0 aromatic carbocycles. The lowest BCUT2D eigenvalue weighted by Gasteiger charge is -2.37. The topological polar surface area (TPSA) is 55.5 Å². The molecular formula is C19H33N5O2S. The van der Waals surface area contributed by atoms with Gasteiger partial charge in [-0.15, -0.1) is 0 Å². The zero-order valence-electron chi connectivity index (χ0n) is 17.1. The molecule has 3 rings (SSSR count). The van der Waals surface area contributed by atoms with E-state index in [1.165, 1.54) is 19.3 Å². The van der Waals surface area contributed by atoms with Gasteiger partial charge in [-0.3, -0.25) is 4.90 Å². The Labute approximate surface area is 167 Å². The first kappa shape index (κ1) is 20.3. The summed E-state index contributed by atoms with van der Waals surface area (Å²) in [6.45, 7) is 9.30. The fourth-order valence-corrected chi connectivity index (χ4v) is 4.13. The summed E-state index contributed by atoms with van der Waals surface area (Å²) in [5.41, 5.74) is -0.457. The van der Waals surface area contributed by atoms with E-state index < -0.39 is 5.60 Å². The van der Waals surface area contributed by atoms with E-state index in [0.717, 1.165) is 56.2 Å². The molecule has 0 atom stereocenters. The number of hydrogen-bond donors (Lipinski definition) is 0. The minimum Gasteiger partial charge on any atom is -0.444 e. The Morgan fingerprint density at radius 3 is 2.59 bits per heavy atom. The highest BCUT2D eigenvalue weighted by atomic mass is 32.1. The molecule has 0 radical (unpaired) electrons. The van der Waals surface area contributed by atoms with Crippen LogP contribution in [0, 0.1) is 4.77 Å². The lowest BCUT2D eigenvalue weighted by molar-refractivity contribution is 0.0134. The molecule has 2 aliphatic rings. The van der Waals surface area contributed by atoms with Gasteiger partial charge in [0.1, 0.15) is 11.4 Å². The van der Waals surface area contributed by atoms with Gasteiger partial charge in [0.25, 0.3) is 0 Å². The van der Waals surface area contributed by atoms with Crippen molar-refractivity contribution in [1.29, 1.82) is 0 Å². The Morgan fingerprint density at radius 2 is 1.93 bits per heavy atom. The van der Waals surface area contributed by atoms with Crippen LogP contribution >= 0.6 is 12.2 Å². The van der Waals surface area contributed by atoms with E-state index in [-0.39, 0.29) is 12.1 Å². The van der Waals surface area contributed by atoms with Crippen LogP contribution < -0.4 is 0 Å². The second-order valence-electron chi connectivity index (χ2n) is 8.74. The van der Waals surface area contributed by atoms with Crippen molar-refractivity contribution < 1.29 is 9.53 Å². The standard InChI is InChI=1S/C19H33N5O2S/c1-19(2,3)26-18(25)21(4)15-9-12-22(13-10-15)14-24-17(27)23-11-7-5-6-8-16(23)20-24/h15H,5-14H2,1-4H3. The van der Waals surface area contributed by atoms with Gasteiger partial charge < -0.3 is 14.2 Å². The largest absolute Gasteiger partial charge is 0.444 e. The van der Waals surface area contributed by atoms with Crippen molar-refractivity contribution in [2.45, 2.75) is 84.2 Å². The summed E-state index contributed by atoms with van der Waals surface area (Å²) in [7, 11) is 1.84. The summed E-state index contributed by atoms with van der Waals surface area (Å²) in [4.78, 5) is 16.4. The first-order valence-corrected chi connectivity index (χ1v) is 10.5. The number of piperidine rings is 1. The molecule has 0 aliphatic carbocycles. The Morgan fingerprint density at radius 1 is 1.22 bits per heavy atom. The lowest BCUT2D eigenvalue weighted by Crippen LogP contribution is -2.47. The van der Waals surface area contributed by atoms with E-state index in [0.29, 0.717) is 0 Å². The molecule has 27 heavy (non-hydrogen) atoms. The predicted molar refractivity (Wildman–Crippen MR) is 107 cm³/mol. The molecule has 1 aromatic heterocycles. The van der Waals surface area contributed by atoms with Crippen molar-refractivity contribution in [3.8, 4) is 0 Å².